The average Bonchev–Trinajstić information content (AvgIpc) is 3.36. The number of nitrogens with one attached hydrogen (secondary N) is 4. The van der Waals surface area contributed by atoms with E-state index in [4.69, 9.17) is 21.1 Å². The Morgan fingerprint density at radius 2 is 1.68 bits per heavy atom. The van der Waals surface area contributed by atoms with Gasteiger partial charge in [0, 0.05) is 29.4 Å². The Bertz CT molecular complexity index is 1240. The van der Waals surface area contributed by atoms with Gasteiger partial charge in [0.2, 0.25) is 5.91 Å². The van der Waals surface area contributed by atoms with Gasteiger partial charge in [-0.05, 0) is 59.5 Å². The van der Waals surface area contributed by atoms with Crippen molar-refractivity contribution in [3.63, 3.8) is 0 Å². The monoisotopic (exact) mass is 524 g/mol. The number of benzene rings is 3. The van der Waals surface area contributed by atoms with Crippen molar-refractivity contribution in [1.82, 2.24) is 21.5 Å². The third kappa shape index (κ3) is 5.43. The van der Waals surface area contributed by atoms with Crippen LogP contribution < -0.4 is 31.0 Å². The van der Waals surface area contributed by atoms with Gasteiger partial charge in [-0.2, -0.15) is 0 Å². The van der Waals surface area contributed by atoms with Crippen molar-refractivity contribution in [3.05, 3.63) is 94.3 Å². The molecule has 4 N–H and O–H groups in total. The summed E-state index contributed by atoms with van der Waals surface area (Å²) in [6.07, 6.45) is 0.424. The van der Waals surface area contributed by atoms with Gasteiger partial charge in [0.1, 0.15) is 5.82 Å². The van der Waals surface area contributed by atoms with E-state index in [0.717, 1.165) is 16.7 Å². The van der Waals surface area contributed by atoms with Crippen LogP contribution in [0, 0.1) is 17.7 Å². The van der Waals surface area contributed by atoms with Crippen LogP contribution in [0.15, 0.2) is 66.7 Å². The number of rotatable bonds is 7. The predicted molar refractivity (Wildman–Crippen MR) is 140 cm³/mol. The van der Waals surface area contributed by atoms with Crippen molar-refractivity contribution in [1.29, 1.82) is 0 Å². The first kappa shape index (κ1) is 25.5. The molecular weight excluding hydrogens is 495 g/mol. The molecule has 3 aromatic carbocycles. The Hall–Kier alpha value is -3.17. The van der Waals surface area contributed by atoms with E-state index in [0.29, 0.717) is 29.5 Å². The molecule has 194 valence electrons. The van der Waals surface area contributed by atoms with Crippen molar-refractivity contribution < 1.29 is 18.7 Å². The van der Waals surface area contributed by atoms with E-state index in [9.17, 15) is 9.18 Å². The number of amides is 1. The number of carbonyl (C=O) groups excluding carboxylic acids is 1. The van der Waals surface area contributed by atoms with E-state index in [1.807, 2.05) is 42.5 Å². The van der Waals surface area contributed by atoms with Crippen molar-refractivity contribution in [2.24, 2.45) is 11.8 Å². The zero-order valence-corrected chi connectivity index (χ0v) is 21.4. The van der Waals surface area contributed by atoms with Crippen LogP contribution in [0.4, 0.5) is 4.39 Å². The number of methoxy groups -OCH3 is 2. The second kappa shape index (κ2) is 11.1. The number of hydrogen-bond donors (Lipinski definition) is 4. The van der Waals surface area contributed by atoms with Gasteiger partial charge in [0.05, 0.1) is 26.4 Å². The molecule has 0 saturated carbocycles. The number of fused-ring (bicyclic) bond motifs is 1. The minimum atomic E-state index is -0.312. The number of hydrazine groups is 1. The molecule has 5 atom stereocenters. The maximum Gasteiger partial charge on any atom is 0.223 e. The highest BCUT2D eigenvalue weighted by Gasteiger charge is 2.49. The quantitative estimate of drug-likeness (QED) is 0.370. The molecule has 0 spiro atoms. The Morgan fingerprint density at radius 1 is 0.973 bits per heavy atom. The summed E-state index contributed by atoms with van der Waals surface area (Å²) in [6, 6.07) is 19.5. The van der Waals surface area contributed by atoms with Crippen LogP contribution in [0.25, 0.3) is 0 Å². The normalized spacial score (nSPS) is 24.8. The lowest BCUT2D eigenvalue weighted by Crippen LogP contribution is -2.54. The number of carbonyl (C=O) groups is 1. The second-order valence-corrected chi connectivity index (χ2v) is 9.83. The molecule has 2 fully saturated rings. The van der Waals surface area contributed by atoms with E-state index in [2.05, 4.69) is 21.5 Å². The van der Waals surface area contributed by atoms with Gasteiger partial charge >= 0.3 is 0 Å². The van der Waals surface area contributed by atoms with Crippen molar-refractivity contribution in [2.75, 3.05) is 14.2 Å². The molecule has 0 radical (unpaired) electrons. The highest BCUT2D eigenvalue weighted by atomic mass is 35.5. The molecule has 1 amide bonds. The van der Waals surface area contributed by atoms with E-state index in [-0.39, 0.29) is 41.8 Å². The maximum absolute atomic E-state index is 13.7. The fourth-order valence-corrected chi connectivity index (χ4v) is 5.49. The maximum atomic E-state index is 13.7. The zero-order chi connectivity index (χ0) is 25.9. The van der Waals surface area contributed by atoms with Crippen LogP contribution >= 0.6 is 11.6 Å². The average molecular weight is 525 g/mol. The SMILES string of the molecule is COc1ccc(C2CC(C(=O)NCc3ccc(F)cc3)C3C(NNC3c3ccc(Cl)cc3)N2)cc1OC. The molecule has 2 aliphatic heterocycles. The second-order valence-electron chi connectivity index (χ2n) is 9.39. The van der Waals surface area contributed by atoms with Crippen LogP contribution in [0.1, 0.15) is 35.2 Å². The third-order valence-corrected chi connectivity index (χ3v) is 7.51. The molecule has 2 aliphatic rings. The highest BCUT2D eigenvalue weighted by molar-refractivity contribution is 6.30. The highest BCUT2D eigenvalue weighted by Crippen LogP contribution is 2.43. The summed E-state index contributed by atoms with van der Waals surface area (Å²) < 4.78 is 24.2. The van der Waals surface area contributed by atoms with Crippen LogP contribution in [-0.2, 0) is 11.3 Å². The minimum Gasteiger partial charge on any atom is -0.493 e. The first-order chi connectivity index (χ1) is 18.0. The Morgan fingerprint density at radius 3 is 2.38 bits per heavy atom. The summed E-state index contributed by atoms with van der Waals surface area (Å²) in [5.74, 6) is 0.562. The lowest BCUT2D eigenvalue weighted by Gasteiger charge is -2.40. The lowest BCUT2D eigenvalue weighted by atomic mass is 9.74. The topological polar surface area (TPSA) is 83.7 Å². The van der Waals surface area contributed by atoms with Gasteiger partial charge < -0.3 is 14.8 Å². The first-order valence-corrected chi connectivity index (χ1v) is 12.6. The largest absolute Gasteiger partial charge is 0.493 e. The molecule has 2 heterocycles. The smallest absolute Gasteiger partial charge is 0.223 e. The van der Waals surface area contributed by atoms with Gasteiger partial charge in [-0.1, -0.05) is 41.9 Å². The number of halogens is 2. The van der Waals surface area contributed by atoms with Crippen molar-refractivity contribution in [2.45, 2.75) is 31.2 Å². The van der Waals surface area contributed by atoms with Gasteiger partial charge in [-0.25, -0.2) is 15.2 Å². The summed E-state index contributed by atoms with van der Waals surface area (Å²) in [4.78, 5) is 13.7. The molecule has 5 rings (SSSR count). The van der Waals surface area contributed by atoms with Crippen LogP contribution in [0.3, 0.4) is 0 Å². The van der Waals surface area contributed by atoms with Gasteiger partial charge in [0.25, 0.3) is 0 Å². The number of ether oxygens (including phenoxy) is 2. The minimum absolute atomic E-state index is 0.0456. The standard InChI is InChI=1S/C28H30ClFN4O3/c1-36-23-12-7-18(13-24(23)37-2)22-14-21(28(35)31-15-16-3-10-20(30)11-4-16)25-26(33-34-27(25)32-22)17-5-8-19(29)9-6-17/h3-13,21-22,25-27,32-34H,14-15H2,1-2H3,(H,31,35). The molecule has 3 aromatic rings. The predicted octanol–water partition coefficient (Wildman–Crippen LogP) is 4.25. The summed E-state index contributed by atoms with van der Waals surface area (Å²) in [7, 11) is 3.21. The third-order valence-electron chi connectivity index (χ3n) is 7.25. The molecule has 37 heavy (non-hydrogen) atoms. The summed E-state index contributed by atoms with van der Waals surface area (Å²) >= 11 is 6.12. The van der Waals surface area contributed by atoms with Crippen LogP contribution in [-0.4, -0.2) is 26.3 Å². The van der Waals surface area contributed by atoms with Crippen molar-refractivity contribution >= 4 is 17.5 Å². The molecule has 5 unspecified atom stereocenters. The summed E-state index contributed by atoms with van der Waals surface area (Å²) in [5, 5.41) is 7.43. The van der Waals surface area contributed by atoms with Crippen LogP contribution in [0.2, 0.25) is 5.02 Å². The van der Waals surface area contributed by atoms with Crippen molar-refractivity contribution in [3.8, 4) is 11.5 Å². The van der Waals surface area contributed by atoms with E-state index < -0.39 is 0 Å². The molecule has 0 aliphatic carbocycles. The molecule has 0 bridgehead atoms. The van der Waals surface area contributed by atoms with Crippen LogP contribution in [0.5, 0.6) is 11.5 Å². The summed E-state index contributed by atoms with van der Waals surface area (Å²) in [6.45, 7) is 0.327. The molecule has 9 heteroatoms. The zero-order valence-electron chi connectivity index (χ0n) is 20.6. The molecule has 0 aromatic heterocycles. The van der Waals surface area contributed by atoms with E-state index in [1.165, 1.54) is 12.1 Å². The first-order valence-electron chi connectivity index (χ1n) is 12.2. The fraction of sp³-hybridized carbons (Fsp3) is 0.321. The number of piperidine rings is 1. The van der Waals surface area contributed by atoms with E-state index in [1.54, 1.807) is 26.4 Å². The Labute approximate surface area is 220 Å². The lowest BCUT2D eigenvalue weighted by molar-refractivity contribution is -0.129. The van der Waals surface area contributed by atoms with Gasteiger partial charge in [-0.15, -0.1) is 0 Å². The Balaban J connectivity index is 1.42. The molecule has 7 nitrogen and oxygen atoms in total. The molecule has 2 saturated heterocycles. The molecular formula is C28H30ClFN4O3. The van der Waals surface area contributed by atoms with E-state index >= 15 is 0 Å². The Kier molecular flexibility index (Phi) is 7.62. The van der Waals surface area contributed by atoms with Gasteiger partial charge in [0.15, 0.2) is 11.5 Å². The van der Waals surface area contributed by atoms with Gasteiger partial charge in [-0.3, -0.25) is 10.1 Å². The summed E-state index contributed by atoms with van der Waals surface area (Å²) in [5.41, 5.74) is 9.65. The fourth-order valence-electron chi connectivity index (χ4n) is 5.36. The number of hydrogen-bond acceptors (Lipinski definition) is 6.